The smallest absolute Gasteiger partial charge is 0.350 e. The van der Waals surface area contributed by atoms with Gasteiger partial charge in [0, 0.05) is 0 Å². The number of hydrogen-bond acceptors (Lipinski definition) is 9. The molecule has 1 aliphatic heterocycles. The van der Waals surface area contributed by atoms with Crippen LogP contribution in [-0.2, 0) is 4.74 Å². The number of esters is 1. The van der Waals surface area contributed by atoms with Crippen LogP contribution < -0.4 is 15.1 Å². The van der Waals surface area contributed by atoms with Gasteiger partial charge in [-0.05, 0) is 75.6 Å². The highest BCUT2D eigenvalue weighted by Gasteiger charge is 2.45. The summed E-state index contributed by atoms with van der Waals surface area (Å²) in [6.45, 7) is 9.46. The highest BCUT2D eigenvalue weighted by atomic mass is 32.1. The zero-order chi connectivity index (χ0) is 27.3. The summed E-state index contributed by atoms with van der Waals surface area (Å²) in [4.78, 5) is 46.4. The number of nitrogens with zero attached hydrogens (tertiary/aromatic N) is 2. The molecule has 1 unspecified atom stereocenters. The number of carbonyl (C=O) groups excluding carboxylic acids is 2. The molecule has 10 heteroatoms. The lowest BCUT2D eigenvalue weighted by Gasteiger charge is -2.23. The fraction of sp³-hybridized carbons (Fsp3) is 0.286. The molecule has 5 rings (SSSR count). The monoisotopic (exact) mass is 534 g/mol. The molecule has 3 heterocycles. The van der Waals surface area contributed by atoms with Gasteiger partial charge in [-0.15, -0.1) is 0 Å². The lowest BCUT2D eigenvalue weighted by atomic mass is 9.97. The Labute approximate surface area is 222 Å². The third-order valence-electron chi connectivity index (χ3n) is 6.54. The fourth-order valence-corrected chi connectivity index (χ4v) is 5.57. The summed E-state index contributed by atoms with van der Waals surface area (Å²) in [7, 11) is 0. The molecule has 0 bridgehead atoms. The van der Waals surface area contributed by atoms with E-state index in [0.717, 1.165) is 22.5 Å². The number of amides is 1. The van der Waals surface area contributed by atoms with Crippen LogP contribution in [0.4, 0.5) is 5.13 Å². The average Bonchev–Trinajstić information content (AvgIpc) is 3.39. The predicted molar refractivity (Wildman–Crippen MR) is 143 cm³/mol. The van der Waals surface area contributed by atoms with Gasteiger partial charge in [-0.2, -0.15) is 0 Å². The topological polar surface area (TPSA) is 119 Å². The van der Waals surface area contributed by atoms with Gasteiger partial charge in [0.25, 0.3) is 5.91 Å². The van der Waals surface area contributed by atoms with Crippen LogP contribution in [0.25, 0.3) is 11.0 Å². The molecule has 0 radical (unpaired) electrons. The first kappa shape index (κ1) is 25.5. The average molecular weight is 535 g/mol. The first-order valence-electron chi connectivity index (χ1n) is 12.2. The molecule has 1 aliphatic rings. The molecule has 0 fully saturated rings. The molecule has 9 nitrogen and oxygen atoms in total. The van der Waals surface area contributed by atoms with Crippen molar-refractivity contribution in [2.75, 3.05) is 18.1 Å². The minimum absolute atomic E-state index is 0.0713. The maximum Gasteiger partial charge on any atom is 0.350 e. The molecule has 196 valence electrons. The molecule has 0 spiro atoms. The fourth-order valence-electron chi connectivity index (χ4n) is 4.58. The third kappa shape index (κ3) is 4.01. The van der Waals surface area contributed by atoms with E-state index in [0.29, 0.717) is 28.8 Å². The van der Waals surface area contributed by atoms with Crippen molar-refractivity contribution in [1.82, 2.24) is 4.98 Å². The molecule has 1 amide bonds. The minimum atomic E-state index is -0.930. The first-order valence-corrected chi connectivity index (χ1v) is 13.0. The number of rotatable bonds is 6. The maximum absolute atomic E-state index is 13.9. The number of phenolic OH excluding ortho intramolecular Hbond substituents is 1. The minimum Gasteiger partial charge on any atom is -0.504 e. The summed E-state index contributed by atoms with van der Waals surface area (Å²) in [5.74, 6) is -1.04. The van der Waals surface area contributed by atoms with E-state index in [9.17, 15) is 19.5 Å². The number of thiazole rings is 1. The van der Waals surface area contributed by atoms with Crippen LogP contribution >= 0.6 is 11.3 Å². The summed E-state index contributed by atoms with van der Waals surface area (Å²) in [6, 6.07) is 7.24. The van der Waals surface area contributed by atoms with Gasteiger partial charge in [0.15, 0.2) is 22.1 Å². The third-order valence-corrected chi connectivity index (χ3v) is 7.67. The number of carbonyl (C=O) groups is 2. The van der Waals surface area contributed by atoms with E-state index in [4.69, 9.17) is 13.9 Å². The Hall–Kier alpha value is -4.18. The molecule has 0 saturated heterocycles. The number of ether oxygens (including phenoxy) is 2. The maximum atomic E-state index is 13.9. The number of phenols is 1. The summed E-state index contributed by atoms with van der Waals surface area (Å²) in [5.41, 5.74) is 2.89. The Kier molecular flexibility index (Phi) is 6.44. The molecule has 0 saturated carbocycles. The number of aromatic hydroxyl groups is 1. The van der Waals surface area contributed by atoms with Crippen molar-refractivity contribution in [3.8, 4) is 11.5 Å². The highest BCUT2D eigenvalue weighted by Crippen LogP contribution is 2.44. The van der Waals surface area contributed by atoms with Crippen LogP contribution in [-0.4, -0.2) is 35.2 Å². The standard InChI is InChI=1S/C28H26N2O7S/c1-6-35-20-12-16(8-9-18(20)31)22-21-23(32)17-10-13(3)14(4)11-19(17)37-24(21)26(33)30(22)28-29-15(5)25(38-28)27(34)36-7-2/h8-12,22,31H,6-7H2,1-5H3. The second-order valence-corrected chi connectivity index (χ2v) is 9.95. The zero-order valence-electron chi connectivity index (χ0n) is 21.6. The number of anilines is 1. The van der Waals surface area contributed by atoms with Gasteiger partial charge in [0.05, 0.1) is 35.9 Å². The molecule has 4 aromatic rings. The first-order chi connectivity index (χ1) is 18.2. The number of aromatic nitrogens is 1. The second-order valence-electron chi connectivity index (χ2n) is 8.98. The van der Waals surface area contributed by atoms with Crippen molar-refractivity contribution < 1.29 is 28.6 Å². The Morgan fingerprint density at radius 3 is 2.55 bits per heavy atom. The highest BCUT2D eigenvalue weighted by molar-refractivity contribution is 7.17. The number of aryl methyl sites for hydroxylation is 3. The van der Waals surface area contributed by atoms with E-state index in [1.54, 1.807) is 45.0 Å². The van der Waals surface area contributed by atoms with Crippen LogP contribution in [0.2, 0.25) is 0 Å². The summed E-state index contributed by atoms with van der Waals surface area (Å²) in [6.07, 6.45) is 0. The molecule has 0 aliphatic carbocycles. The van der Waals surface area contributed by atoms with E-state index in [1.807, 2.05) is 13.8 Å². The van der Waals surface area contributed by atoms with Gasteiger partial charge >= 0.3 is 5.97 Å². The largest absolute Gasteiger partial charge is 0.504 e. The van der Waals surface area contributed by atoms with Crippen molar-refractivity contribution in [2.24, 2.45) is 0 Å². The van der Waals surface area contributed by atoms with Gasteiger partial charge < -0.3 is 19.0 Å². The van der Waals surface area contributed by atoms with E-state index in [-0.39, 0.29) is 44.9 Å². The van der Waals surface area contributed by atoms with E-state index >= 15 is 0 Å². The van der Waals surface area contributed by atoms with Crippen molar-refractivity contribution in [2.45, 2.75) is 40.7 Å². The molecular weight excluding hydrogens is 508 g/mol. The lowest BCUT2D eigenvalue weighted by Crippen LogP contribution is -2.29. The van der Waals surface area contributed by atoms with Gasteiger partial charge in [0.2, 0.25) is 5.76 Å². The zero-order valence-corrected chi connectivity index (χ0v) is 22.4. The van der Waals surface area contributed by atoms with Gasteiger partial charge in [0.1, 0.15) is 10.5 Å². The normalized spacial score (nSPS) is 14.7. The van der Waals surface area contributed by atoms with Crippen LogP contribution in [0.3, 0.4) is 0 Å². The second kappa shape index (κ2) is 9.60. The van der Waals surface area contributed by atoms with Crippen LogP contribution in [0.1, 0.15) is 68.1 Å². The molecule has 2 aromatic heterocycles. The van der Waals surface area contributed by atoms with Crippen molar-refractivity contribution >= 4 is 39.3 Å². The van der Waals surface area contributed by atoms with Crippen LogP contribution in [0.15, 0.2) is 39.5 Å². The molecule has 1 N–H and O–H groups in total. The van der Waals surface area contributed by atoms with Gasteiger partial charge in [-0.3, -0.25) is 14.5 Å². The molecular formula is C28H26N2O7S. The van der Waals surface area contributed by atoms with Crippen LogP contribution in [0.5, 0.6) is 11.5 Å². The lowest BCUT2D eigenvalue weighted by molar-refractivity contribution is 0.0531. The summed E-state index contributed by atoms with van der Waals surface area (Å²) < 4.78 is 16.8. The number of benzene rings is 2. The van der Waals surface area contributed by atoms with E-state index < -0.39 is 17.9 Å². The predicted octanol–water partition coefficient (Wildman–Crippen LogP) is 5.21. The van der Waals surface area contributed by atoms with E-state index in [1.165, 1.54) is 11.0 Å². The number of hydrogen-bond donors (Lipinski definition) is 1. The van der Waals surface area contributed by atoms with Crippen LogP contribution in [0, 0.1) is 20.8 Å². The Balaban J connectivity index is 1.77. The summed E-state index contributed by atoms with van der Waals surface area (Å²) in [5, 5.41) is 10.9. The molecule has 1 atom stereocenters. The molecule has 2 aromatic carbocycles. The van der Waals surface area contributed by atoms with Gasteiger partial charge in [-0.1, -0.05) is 17.4 Å². The van der Waals surface area contributed by atoms with Crippen molar-refractivity contribution in [1.29, 1.82) is 0 Å². The number of fused-ring (bicyclic) bond motifs is 2. The van der Waals surface area contributed by atoms with Crippen molar-refractivity contribution in [3.05, 3.63) is 79.1 Å². The Bertz CT molecular complexity index is 1670. The summed E-state index contributed by atoms with van der Waals surface area (Å²) >= 11 is 1.01. The van der Waals surface area contributed by atoms with E-state index in [2.05, 4.69) is 4.98 Å². The SMILES string of the molecule is CCOC(=O)c1sc(N2C(=O)c3oc4cc(C)c(C)cc4c(=O)c3C2c2ccc(O)c(OCC)c2)nc1C. The Morgan fingerprint density at radius 1 is 1.11 bits per heavy atom. The quantitative estimate of drug-likeness (QED) is 0.335. The Morgan fingerprint density at radius 2 is 1.84 bits per heavy atom. The van der Waals surface area contributed by atoms with Gasteiger partial charge in [-0.25, -0.2) is 9.78 Å². The van der Waals surface area contributed by atoms with Crippen molar-refractivity contribution in [3.63, 3.8) is 0 Å². The molecule has 38 heavy (non-hydrogen) atoms.